The number of nitrogens with zero attached hydrogens (tertiary/aromatic N) is 2. The van der Waals surface area contributed by atoms with E-state index in [9.17, 15) is 0 Å². The molecule has 3 nitrogen and oxygen atoms in total. The number of hydrogen-bond donors (Lipinski definition) is 0. The molecule has 0 atom stereocenters. The molecule has 0 unspecified atom stereocenters. The van der Waals surface area contributed by atoms with Gasteiger partial charge >= 0.3 is 0 Å². The Labute approximate surface area is 176 Å². The number of benzene rings is 3. The molecular formula is C25H23ClN2O. The minimum absolute atomic E-state index is 0.557. The van der Waals surface area contributed by atoms with Crippen LogP contribution in [0.5, 0.6) is 5.75 Å². The smallest absolute Gasteiger partial charge is 0.120 e. The second-order valence-corrected chi connectivity index (χ2v) is 7.47. The minimum atomic E-state index is 0.557. The van der Waals surface area contributed by atoms with Crippen LogP contribution in [0.25, 0.3) is 6.08 Å². The molecule has 0 radical (unpaired) electrons. The molecule has 1 aliphatic rings. The summed E-state index contributed by atoms with van der Waals surface area (Å²) >= 11 is 6.21. The highest BCUT2D eigenvalue weighted by Gasteiger charge is 2.15. The van der Waals surface area contributed by atoms with Crippen molar-refractivity contribution in [1.82, 2.24) is 0 Å². The highest BCUT2D eigenvalue weighted by molar-refractivity contribution is 6.31. The number of rotatable bonds is 5. The summed E-state index contributed by atoms with van der Waals surface area (Å²) in [5.74, 6) is 0.853. The summed E-state index contributed by atoms with van der Waals surface area (Å²) in [7, 11) is 2.07. The molecule has 146 valence electrons. The molecule has 0 saturated heterocycles. The Morgan fingerprint density at radius 3 is 2.72 bits per heavy atom. The third-order valence-electron chi connectivity index (χ3n) is 4.90. The van der Waals surface area contributed by atoms with Crippen LogP contribution >= 0.6 is 11.6 Å². The highest BCUT2D eigenvalue weighted by Crippen LogP contribution is 2.27. The largest absolute Gasteiger partial charge is 0.489 e. The van der Waals surface area contributed by atoms with E-state index in [1.54, 1.807) is 0 Å². The van der Waals surface area contributed by atoms with Gasteiger partial charge < -0.3 is 9.64 Å². The third-order valence-corrected chi connectivity index (χ3v) is 5.14. The number of benzodiazepines with no additional fused rings is 1. The number of aliphatic imine (C=N–C) groups is 1. The Kier molecular flexibility index (Phi) is 5.97. The van der Waals surface area contributed by atoms with Crippen molar-refractivity contribution in [2.75, 3.05) is 25.0 Å². The van der Waals surface area contributed by atoms with E-state index in [1.807, 2.05) is 54.6 Å². The maximum atomic E-state index is 6.21. The van der Waals surface area contributed by atoms with Gasteiger partial charge in [0.25, 0.3) is 0 Å². The molecule has 0 aliphatic carbocycles. The number of anilines is 1. The first-order chi connectivity index (χ1) is 14.2. The van der Waals surface area contributed by atoms with E-state index in [2.05, 4.69) is 42.3 Å². The summed E-state index contributed by atoms with van der Waals surface area (Å²) < 4.78 is 5.94. The number of allylic oxidation sites excluding steroid dienone is 1. The van der Waals surface area contributed by atoms with Gasteiger partial charge in [-0.1, -0.05) is 60.1 Å². The molecule has 4 heteroatoms. The average molecular weight is 403 g/mol. The van der Waals surface area contributed by atoms with E-state index >= 15 is 0 Å². The molecule has 0 bridgehead atoms. The fourth-order valence-electron chi connectivity index (χ4n) is 3.33. The lowest BCUT2D eigenvalue weighted by atomic mass is 10.1. The second-order valence-electron chi connectivity index (χ2n) is 7.03. The minimum Gasteiger partial charge on any atom is -0.489 e. The topological polar surface area (TPSA) is 24.8 Å². The van der Waals surface area contributed by atoms with Gasteiger partial charge in [0.15, 0.2) is 0 Å². The van der Waals surface area contributed by atoms with Crippen molar-refractivity contribution in [3.63, 3.8) is 0 Å². The molecule has 3 aromatic carbocycles. The monoisotopic (exact) mass is 402 g/mol. The van der Waals surface area contributed by atoms with Crippen molar-refractivity contribution >= 4 is 29.1 Å². The summed E-state index contributed by atoms with van der Waals surface area (Å²) in [6.07, 6.45) is 4.15. The lowest BCUT2D eigenvalue weighted by Gasteiger charge is -2.19. The zero-order valence-corrected chi connectivity index (χ0v) is 17.1. The van der Waals surface area contributed by atoms with E-state index < -0.39 is 0 Å². The van der Waals surface area contributed by atoms with Crippen molar-refractivity contribution < 1.29 is 4.74 Å². The first-order valence-corrected chi connectivity index (χ1v) is 10.1. The maximum absolute atomic E-state index is 6.21. The number of likely N-dealkylation sites (N-methyl/N-ethyl adjacent to an activating group) is 1. The number of halogens is 1. The van der Waals surface area contributed by atoms with Crippen molar-refractivity contribution in [1.29, 1.82) is 0 Å². The van der Waals surface area contributed by atoms with E-state index in [0.29, 0.717) is 6.61 Å². The first kappa shape index (κ1) is 19.3. The number of fused-ring (bicyclic) bond motifs is 1. The van der Waals surface area contributed by atoms with Crippen LogP contribution in [0.1, 0.15) is 16.7 Å². The summed E-state index contributed by atoms with van der Waals surface area (Å²) in [5.41, 5.74) is 5.41. The Morgan fingerprint density at radius 1 is 1.00 bits per heavy atom. The SMILES string of the molecule is CN1CCN=C(/C=C/c2cccc(OCc3ccccc3)c2)c2ccc(Cl)cc21. The molecule has 0 amide bonds. The van der Waals surface area contributed by atoms with Crippen molar-refractivity contribution in [2.45, 2.75) is 6.61 Å². The quantitative estimate of drug-likeness (QED) is 0.533. The Hall–Kier alpha value is -3.04. The van der Waals surface area contributed by atoms with Gasteiger partial charge in [-0.05, 0) is 47.5 Å². The molecule has 0 saturated carbocycles. The van der Waals surface area contributed by atoms with Crippen LogP contribution in [-0.2, 0) is 6.61 Å². The third kappa shape index (κ3) is 4.87. The Balaban J connectivity index is 1.52. The fourth-order valence-corrected chi connectivity index (χ4v) is 3.50. The van der Waals surface area contributed by atoms with E-state index in [4.69, 9.17) is 21.3 Å². The molecule has 0 fully saturated rings. The molecule has 0 aromatic heterocycles. The molecule has 0 spiro atoms. The van der Waals surface area contributed by atoms with Crippen LogP contribution in [-0.4, -0.2) is 25.8 Å². The highest BCUT2D eigenvalue weighted by atomic mass is 35.5. The van der Waals surface area contributed by atoms with Gasteiger partial charge in [-0.3, -0.25) is 4.99 Å². The Bertz CT molecular complexity index is 1040. The van der Waals surface area contributed by atoms with Crippen LogP contribution in [0.2, 0.25) is 5.02 Å². The summed E-state index contributed by atoms with van der Waals surface area (Å²) in [5, 5.41) is 0.740. The lowest BCUT2D eigenvalue weighted by Crippen LogP contribution is -2.20. The predicted octanol–water partition coefficient (Wildman–Crippen LogP) is 5.87. The first-order valence-electron chi connectivity index (χ1n) is 9.69. The molecule has 1 aliphatic heterocycles. The van der Waals surface area contributed by atoms with Gasteiger partial charge in [0, 0.05) is 29.9 Å². The van der Waals surface area contributed by atoms with Gasteiger partial charge in [-0.15, -0.1) is 0 Å². The molecule has 0 N–H and O–H groups in total. The van der Waals surface area contributed by atoms with Crippen molar-refractivity contribution in [3.8, 4) is 5.75 Å². The second kappa shape index (κ2) is 8.97. The van der Waals surface area contributed by atoms with Crippen molar-refractivity contribution in [3.05, 3.63) is 101 Å². The summed E-state index contributed by atoms with van der Waals surface area (Å²) in [6, 6.07) is 24.3. The molecule has 29 heavy (non-hydrogen) atoms. The standard InChI is InChI=1S/C25H23ClN2O/c1-28-15-14-27-24(23-12-11-21(26)17-25(23)28)13-10-19-8-5-9-22(16-19)29-18-20-6-3-2-4-7-20/h2-13,16-17H,14-15,18H2,1H3/b13-10+. The number of ether oxygens (including phenoxy) is 1. The maximum Gasteiger partial charge on any atom is 0.120 e. The van der Waals surface area contributed by atoms with Crippen LogP contribution in [0, 0.1) is 0 Å². The van der Waals surface area contributed by atoms with Gasteiger partial charge in [-0.2, -0.15) is 0 Å². The molecule has 4 rings (SSSR count). The lowest BCUT2D eigenvalue weighted by molar-refractivity contribution is 0.306. The summed E-state index contributed by atoms with van der Waals surface area (Å²) in [4.78, 5) is 6.97. The van der Waals surface area contributed by atoms with Crippen LogP contribution < -0.4 is 9.64 Å². The normalized spacial score (nSPS) is 13.7. The molecule has 1 heterocycles. The van der Waals surface area contributed by atoms with Crippen LogP contribution in [0.4, 0.5) is 5.69 Å². The molecular weight excluding hydrogens is 380 g/mol. The van der Waals surface area contributed by atoms with E-state index in [-0.39, 0.29) is 0 Å². The molecule has 3 aromatic rings. The number of hydrogen-bond acceptors (Lipinski definition) is 3. The van der Waals surface area contributed by atoms with Crippen LogP contribution in [0.3, 0.4) is 0 Å². The van der Waals surface area contributed by atoms with Gasteiger partial charge in [0.05, 0.1) is 12.3 Å². The fraction of sp³-hybridized carbons (Fsp3) is 0.160. The Morgan fingerprint density at radius 2 is 1.86 bits per heavy atom. The summed E-state index contributed by atoms with van der Waals surface area (Å²) in [6.45, 7) is 2.18. The average Bonchev–Trinajstić information content (AvgIpc) is 2.90. The predicted molar refractivity (Wildman–Crippen MR) is 122 cm³/mol. The van der Waals surface area contributed by atoms with Crippen molar-refractivity contribution in [2.24, 2.45) is 4.99 Å². The van der Waals surface area contributed by atoms with Gasteiger partial charge in [0.2, 0.25) is 0 Å². The van der Waals surface area contributed by atoms with Gasteiger partial charge in [-0.25, -0.2) is 0 Å². The van der Waals surface area contributed by atoms with Gasteiger partial charge in [0.1, 0.15) is 12.4 Å². The van der Waals surface area contributed by atoms with E-state index in [1.165, 1.54) is 0 Å². The van der Waals surface area contributed by atoms with Crippen LogP contribution in [0.15, 0.2) is 83.9 Å². The van der Waals surface area contributed by atoms with E-state index in [0.717, 1.165) is 52.0 Å². The zero-order valence-electron chi connectivity index (χ0n) is 16.4. The zero-order chi connectivity index (χ0) is 20.1.